The van der Waals surface area contributed by atoms with Crippen LogP contribution in [0, 0.1) is 0 Å². The molecule has 0 atom stereocenters. The first kappa shape index (κ1) is 12.8. The summed E-state index contributed by atoms with van der Waals surface area (Å²) in [5.41, 5.74) is 5.35. The number of alkyl halides is 3. The van der Waals surface area contributed by atoms with Crippen LogP contribution >= 0.6 is 0 Å². The van der Waals surface area contributed by atoms with Crippen LogP contribution in [-0.2, 0) is 12.6 Å². The first-order valence-electron chi connectivity index (χ1n) is 5.05. The molecule has 1 aromatic rings. The quantitative estimate of drug-likeness (QED) is 0.788. The third-order valence-electron chi connectivity index (χ3n) is 2.11. The first-order valence-corrected chi connectivity index (χ1v) is 5.05. The van der Waals surface area contributed by atoms with Crippen LogP contribution < -0.4 is 5.73 Å². The number of nitrogens with two attached hydrogens (primary N) is 1. The summed E-state index contributed by atoms with van der Waals surface area (Å²) in [6.45, 7) is 0.555. The fourth-order valence-corrected chi connectivity index (χ4v) is 1.31. The molecular formula is C12H14F3N. The van der Waals surface area contributed by atoms with E-state index in [4.69, 9.17) is 5.73 Å². The maximum atomic E-state index is 12.4. The minimum Gasteiger partial charge on any atom is -0.330 e. The summed E-state index contributed by atoms with van der Waals surface area (Å²) in [5.74, 6) is 0. The third-order valence-corrected chi connectivity index (χ3v) is 2.11. The Morgan fingerprint density at radius 2 is 1.94 bits per heavy atom. The van der Waals surface area contributed by atoms with Crippen LogP contribution in [0.1, 0.15) is 17.5 Å². The van der Waals surface area contributed by atoms with Crippen LogP contribution in [0.4, 0.5) is 13.2 Å². The normalized spacial score (nSPS) is 12.2. The second-order valence-electron chi connectivity index (χ2n) is 3.45. The van der Waals surface area contributed by atoms with Gasteiger partial charge in [-0.25, -0.2) is 0 Å². The van der Waals surface area contributed by atoms with Gasteiger partial charge < -0.3 is 5.73 Å². The molecule has 16 heavy (non-hydrogen) atoms. The van der Waals surface area contributed by atoms with Gasteiger partial charge in [0.1, 0.15) is 0 Å². The highest BCUT2D eigenvalue weighted by Crippen LogP contribution is 2.29. The fourth-order valence-electron chi connectivity index (χ4n) is 1.31. The van der Waals surface area contributed by atoms with Gasteiger partial charge in [0.2, 0.25) is 0 Å². The molecular weight excluding hydrogens is 215 g/mol. The standard InChI is InChI=1S/C12H14F3N/c13-12(14,15)11-7-4-6-10(9-11)5-2-1-3-8-16/h1-2,4,6-7,9H,3,5,8,16H2. The average Bonchev–Trinajstić information content (AvgIpc) is 2.24. The van der Waals surface area contributed by atoms with E-state index in [1.807, 2.05) is 12.2 Å². The lowest BCUT2D eigenvalue weighted by atomic mass is 10.1. The lowest BCUT2D eigenvalue weighted by molar-refractivity contribution is -0.137. The number of allylic oxidation sites excluding steroid dienone is 1. The van der Waals surface area contributed by atoms with Crippen LogP contribution in [0.25, 0.3) is 0 Å². The van der Waals surface area contributed by atoms with Crippen molar-refractivity contribution in [3.8, 4) is 0 Å². The van der Waals surface area contributed by atoms with Gasteiger partial charge in [-0.2, -0.15) is 13.2 Å². The summed E-state index contributed by atoms with van der Waals surface area (Å²) in [4.78, 5) is 0. The minimum atomic E-state index is -4.27. The lowest BCUT2D eigenvalue weighted by Crippen LogP contribution is -2.04. The molecule has 0 aliphatic rings. The summed E-state index contributed by atoms with van der Waals surface area (Å²) in [5, 5.41) is 0. The molecule has 1 rings (SSSR count). The molecule has 88 valence electrons. The van der Waals surface area contributed by atoms with Crippen molar-refractivity contribution in [1.82, 2.24) is 0 Å². The third kappa shape index (κ3) is 4.06. The van der Waals surface area contributed by atoms with Crippen molar-refractivity contribution in [2.45, 2.75) is 19.0 Å². The zero-order valence-electron chi connectivity index (χ0n) is 8.80. The van der Waals surface area contributed by atoms with Gasteiger partial charge in [-0.05, 0) is 31.0 Å². The molecule has 0 aliphatic heterocycles. The number of benzene rings is 1. The topological polar surface area (TPSA) is 26.0 Å². The molecule has 0 saturated carbocycles. The molecule has 0 saturated heterocycles. The summed E-state index contributed by atoms with van der Waals surface area (Å²) in [7, 11) is 0. The Morgan fingerprint density at radius 3 is 2.56 bits per heavy atom. The maximum absolute atomic E-state index is 12.4. The van der Waals surface area contributed by atoms with E-state index < -0.39 is 11.7 Å². The molecule has 0 spiro atoms. The van der Waals surface area contributed by atoms with Crippen LogP contribution in [0.15, 0.2) is 36.4 Å². The predicted molar refractivity (Wildman–Crippen MR) is 58.0 cm³/mol. The number of halogens is 3. The number of rotatable bonds is 4. The van der Waals surface area contributed by atoms with Crippen molar-refractivity contribution in [1.29, 1.82) is 0 Å². The van der Waals surface area contributed by atoms with E-state index in [0.717, 1.165) is 12.5 Å². The Kier molecular flexibility index (Phi) is 4.55. The van der Waals surface area contributed by atoms with E-state index in [2.05, 4.69) is 0 Å². The smallest absolute Gasteiger partial charge is 0.330 e. The largest absolute Gasteiger partial charge is 0.416 e. The van der Waals surface area contributed by atoms with Crippen LogP contribution in [0.5, 0.6) is 0 Å². The minimum absolute atomic E-state index is 0.504. The van der Waals surface area contributed by atoms with Gasteiger partial charge in [-0.3, -0.25) is 0 Å². The van der Waals surface area contributed by atoms with Crippen molar-refractivity contribution in [2.24, 2.45) is 5.73 Å². The van der Waals surface area contributed by atoms with Gasteiger partial charge >= 0.3 is 6.18 Å². The van der Waals surface area contributed by atoms with Gasteiger partial charge in [0, 0.05) is 0 Å². The summed E-state index contributed by atoms with van der Waals surface area (Å²) in [6, 6.07) is 5.36. The van der Waals surface area contributed by atoms with Crippen LogP contribution in [0.3, 0.4) is 0 Å². The Balaban J connectivity index is 2.68. The van der Waals surface area contributed by atoms with Gasteiger partial charge in [0.05, 0.1) is 5.56 Å². The predicted octanol–water partition coefficient (Wildman–Crippen LogP) is 3.15. The van der Waals surface area contributed by atoms with Crippen molar-refractivity contribution in [3.63, 3.8) is 0 Å². The van der Waals surface area contributed by atoms with E-state index >= 15 is 0 Å². The van der Waals surface area contributed by atoms with Crippen molar-refractivity contribution < 1.29 is 13.2 Å². The van der Waals surface area contributed by atoms with E-state index in [9.17, 15) is 13.2 Å². The molecule has 1 nitrogen and oxygen atoms in total. The van der Waals surface area contributed by atoms with Gasteiger partial charge in [0.15, 0.2) is 0 Å². The highest BCUT2D eigenvalue weighted by molar-refractivity contribution is 5.27. The molecule has 0 heterocycles. The molecule has 0 fully saturated rings. The molecule has 1 aromatic carbocycles. The lowest BCUT2D eigenvalue weighted by Gasteiger charge is -2.07. The zero-order valence-corrected chi connectivity index (χ0v) is 8.80. The molecule has 0 aliphatic carbocycles. The number of hydrogen-bond acceptors (Lipinski definition) is 1. The molecule has 0 amide bonds. The Labute approximate surface area is 92.8 Å². The average molecular weight is 229 g/mol. The molecule has 0 unspecified atom stereocenters. The highest BCUT2D eigenvalue weighted by Gasteiger charge is 2.30. The maximum Gasteiger partial charge on any atom is 0.416 e. The molecule has 4 heteroatoms. The summed E-state index contributed by atoms with van der Waals surface area (Å²) >= 11 is 0. The number of hydrogen-bond donors (Lipinski definition) is 1. The SMILES string of the molecule is NCCC=CCc1cccc(C(F)(F)F)c1. The van der Waals surface area contributed by atoms with Crippen LogP contribution in [-0.4, -0.2) is 6.54 Å². The molecule has 0 radical (unpaired) electrons. The van der Waals surface area contributed by atoms with Gasteiger partial charge in [0.25, 0.3) is 0 Å². The molecule has 2 N–H and O–H groups in total. The monoisotopic (exact) mass is 229 g/mol. The first-order chi connectivity index (χ1) is 7.54. The Hall–Kier alpha value is -1.29. The van der Waals surface area contributed by atoms with E-state index in [1.165, 1.54) is 12.1 Å². The van der Waals surface area contributed by atoms with Crippen LogP contribution in [0.2, 0.25) is 0 Å². The van der Waals surface area contributed by atoms with Crippen molar-refractivity contribution >= 4 is 0 Å². The Bertz CT molecular complexity index is 356. The second-order valence-corrected chi connectivity index (χ2v) is 3.45. The molecule has 0 aromatic heterocycles. The van der Waals surface area contributed by atoms with Crippen molar-refractivity contribution in [2.75, 3.05) is 6.54 Å². The van der Waals surface area contributed by atoms with E-state index in [0.29, 0.717) is 18.5 Å². The summed E-state index contributed by atoms with van der Waals surface area (Å²) < 4.78 is 37.1. The van der Waals surface area contributed by atoms with E-state index in [1.54, 1.807) is 6.07 Å². The highest BCUT2D eigenvalue weighted by atomic mass is 19.4. The fraction of sp³-hybridized carbons (Fsp3) is 0.333. The van der Waals surface area contributed by atoms with Crippen molar-refractivity contribution in [3.05, 3.63) is 47.5 Å². The van der Waals surface area contributed by atoms with Gasteiger partial charge in [-0.1, -0.05) is 30.4 Å². The van der Waals surface area contributed by atoms with E-state index in [-0.39, 0.29) is 0 Å². The zero-order chi connectivity index (χ0) is 12.0. The Morgan fingerprint density at radius 1 is 1.19 bits per heavy atom. The summed E-state index contributed by atoms with van der Waals surface area (Å²) in [6.07, 6.45) is 0.697. The second kappa shape index (κ2) is 5.70. The van der Waals surface area contributed by atoms with Gasteiger partial charge in [-0.15, -0.1) is 0 Å². The molecule has 0 bridgehead atoms.